The van der Waals surface area contributed by atoms with Gasteiger partial charge in [-0.15, -0.1) is 0 Å². The van der Waals surface area contributed by atoms with E-state index in [1.54, 1.807) is 36.1 Å². The summed E-state index contributed by atoms with van der Waals surface area (Å²) in [7, 11) is 0. The fourth-order valence-corrected chi connectivity index (χ4v) is 2.59. The van der Waals surface area contributed by atoms with Crippen molar-refractivity contribution in [2.24, 2.45) is 5.92 Å². The highest BCUT2D eigenvalue weighted by molar-refractivity contribution is 6.30. The zero-order chi connectivity index (χ0) is 14.7. The highest BCUT2D eigenvalue weighted by Gasteiger charge is 2.38. The maximum absolute atomic E-state index is 12.1. The lowest BCUT2D eigenvalue weighted by Gasteiger charge is -2.23. The molecule has 1 aromatic rings. The Kier molecular flexibility index (Phi) is 4.49. The predicted molar refractivity (Wildman–Crippen MR) is 73.9 cm³/mol. The van der Waals surface area contributed by atoms with Crippen molar-refractivity contribution in [3.63, 3.8) is 0 Å². The lowest BCUT2D eigenvalue weighted by atomic mass is 10.0. The number of benzene rings is 1. The molecule has 0 spiro atoms. The Morgan fingerprint density at radius 3 is 2.85 bits per heavy atom. The molecule has 0 bridgehead atoms. The van der Waals surface area contributed by atoms with Crippen LogP contribution in [-0.4, -0.2) is 41.1 Å². The van der Waals surface area contributed by atoms with Gasteiger partial charge in [0.2, 0.25) is 0 Å². The third kappa shape index (κ3) is 3.22. The van der Waals surface area contributed by atoms with Crippen molar-refractivity contribution < 1.29 is 19.4 Å². The number of nitrogens with zero attached hydrogens (tertiary/aromatic N) is 1. The molecule has 2 atom stereocenters. The summed E-state index contributed by atoms with van der Waals surface area (Å²) < 4.78 is 5.38. The molecule has 1 amide bonds. The minimum absolute atomic E-state index is 0.114. The van der Waals surface area contributed by atoms with Crippen molar-refractivity contribution in [3.05, 3.63) is 29.3 Å². The maximum Gasteiger partial charge on any atom is 0.308 e. The lowest BCUT2D eigenvalue weighted by molar-refractivity contribution is -0.143. The first-order valence-electron chi connectivity index (χ1n) is 6.39. The summed E-state index contributed by atoms with van der Waals surface area (Å²) in [5.74, 6) is -1.04. The predicted octanol–water partition coefficient (Wildman–Crippen LogP) is 2.04. The van der Waals surface area contributed by atoms with Crippen molar-refractivity contribution in [3.8, 4) is 5.75 Å². The third-order valence-electron chi connectivity index (χ3n) is 3.55. The second-order valence-electron chi connectivity index (χ2n) is 4.81. The number of ether oxygens (including phenoxy) is 1. The van der Waals surface area contributed by atoms with Crippen LogP contribution in [0.25, 0.3) is 0 Å². The van der Waals surface area contributed by atoms with E-state index in [0.717, 1.165) is 0 Å². The molecule has 1 saturated heterocycles. The van der Waals surface area contributed by atoms with Gasteiger partial charge in [-0.05, 0) is 31.5 Å². The molecule has 2 rings (SSSR count). The summed E-state index contributed by atoms with van der Waals surface area (Å²) in [5.41, 5.74) is 0. The van der Waals surface area contributed by atoms with Gasteiger partial charge in [0.05, 0.1) is 5.92 Å². The minimum atomic E-state index is -0.858. The molecule has 2 unspecified atom stereocenters. The number of carboxylic acid groups (broad SMARTS) is 1. The Morgan fingerprint density at radius 1 is 1.50 bits per heavy atom. The number of likely N-dealkylation sites (tertiary alicyclic amines) is 1. The average Bonchev–Trinajstić information content (AvgIpc) is 2.78. The molecule has 1 heterocycles. The van der Waals surface area contributed by atoms with E-state index in [2.05, 4.69) is 0 Å². The van der Waals surface area contributed by atoms with Gasteiger partial charge in [-0.25, -0.2) is 0 Å². The molecule has 0 saturated carbocycles. The fourth-order valence-electron chi connectivity index (χ4n) is 2.41. The molecule has 1 aliphatic rings. The van der Waals surface area contributed by atoms with Crippen LogP contribution in [0.2, 0.25) is 5.02 Å². The van der Waals surface area contributed by atoms with E-state index in [9.17, 15) is 9.59 Å². The van der Waals surface area contributed by atoms with Gasteiger partial charge < -0.3 is 14.7 Å². The van der Waals surface area contributed by atoms with Crippen LogP contribution in [0.5, 0.6) is 5.75 Å². The normalized spacial score (nSPS) is 21.8. The summed E-state index contributed by atoms with van der Waals surface area (Å²) in [4.78, 5) is 24.6. The van der Waals surface area contributed by atoms with Gasteiger partial charge in [-0.3, -0.25) is 9.59 Å². The topological polar surface area (TPSA) is 66.8 Å². The minimum Gasteiger partial charge on any atom is -0.484 e. The maximum atomic E-state index is 12.1. The third-order valence-corrected chi connectivity index (χ3v) is 3.79. The molecule has 1 aromatic carbocycles. The molecule has 5 nitrogen and oxygen atoms in total. The summed E-state index contributed by atoms with van der Waals surface area (Å²) in [6.45, 7) is 2.09. The van der Waals surface area contributed by atoms with Gasteiger partial charge in [0.15, 0.2) is 6.61 Å². The molecule has 0 radical (unpaired) electrons. The standard InChI is InChI=1S/C14H16ClNO4/c1-9-12(14(18)19)5-6-16(9)13(17)8-20-11-4-2-3-10(15)7-11/h2-4,7,9,12H,5-6,8H2,1H3,(H,18,19). The monoisotopic (exact) mass is 297 g/mol. The van der Waals surface area contributed by atoms with E-state index in [0.29, 0.717) is 23.7 Å². The van der Waals surface area contributed by atoms with Crippen LogP contribution in [0.15, 0.2) is 24.3 Å². The number of rotatable bonds is 4. The largest absolute Gasteiger partial charge is 0.484 e. The van der Waals surface area contributed by atoms with E-state index in [1.807, 2.05) is 0 Å². The highest BCUT2D eigenvalue weighted by atomic mass is 35.5. The summed E-state index contributed by atoms with van der Waals surface area (Å²) in [6.07, 6.45) is 0.486. The molecule has 108 valence electrons. The zero-order valence-electron chi connectivity index (χ0n) is 11.1. The van der Waals surface area contributed by atoms with Crippen molar-refractivity contribution in [2.75, 3.05) is 13.2 Å². The Bertz CT molecular complexity index is 520. The van der Waals surface area contributed by atoms with Crippen LogP contribution in [0.1, 0.15) is 13.3 Å². The van der Waals surface area contributed by atoms with E-state index >= 15 is 0 Å². The molecule has 1 fully saturated rings. The second kappa shape index (κ2) is 6.13. The number of amides is 1. The fraction of sp³-hybridized carbons (Fsp3) is 0.429. The van der Waals surface area contributed by atoms with Gasteiger partial charge in [-0.2, -0.15) is 0 Å². The molecule has 6 heteroatoms. The number of carbonyl (C=O) groups is 2. The van der Waals surface area contributed by atoms with Crippen LogP contribution in [-0.2, 0) is 9.59 Å². The van der Waals surface area contributed by atoms with Gasteiger partial charge in [0.1, 0.15) is 5.75 Å². The Labute approximate surface area is 122 Å². The first-order chi connectivity index (χ1) is 9.49. The molecule has 0 aromatic heterocycles. The molecular weight excluding hydrogens is 282 g/mol. The second-order valence-corrected chi connectivity index (χ2v) is 5.24. The van der Waals surface area contributed by atoms with E-state index in [4.69, 9.17) is 21.4 Å². The van der Waals surface area contributed by atoms with E-state index in [-0.39, 0.29) is 18.6 Å². The summed E-state index contributed by atoms with van der Waals surface area (Å²) in [5, 5.41) is 9.58. The molecule has 0 aliphatic carbocycles. The van der Waals surface area contributed by atoms with Crippen LogP contribution in [0.4, 0.5) is 0 Å². The van der Waals surface area contributed by atoms with Crippen LogP contribution < -0.4 is 4.74 Å². The van der Waals surface area contributed by atoms with Crippen LogP contribution >= 0.6 is 11.6 Å². The first-order valence-corrected chi connectivity index (χ1v) is 6.77. The number of hydrogen-bond donors (Lipinski definition) is 1. The molecule has 1 N–H and O–H groups in total. The molecule has 20 heavy (non-hydrogen) atoms. The van der Waals surface area contributed by atoms with E-state index in [1.165, 1.54) is 0 Å². The quantitative estimate of drug-likeness (QED) is 0.923. The lowest BCUT2D eigenvalue weighted by Crippen LogP contribution is -2.40. The Morgan fingerprint density at radius 2 is 2.25 bits per heavy atom. The number of aliphatic carboxylic acids is 1. The molecular formula is C14H16ClNO4. The van der Waals surface area contributed by atoms with Gasteiger partial charge >= 0.3 is 5.97 Å². The van der Waals surface area contributed by atoms with Crippen molar-refractivity contribution in [2.45, 2.75) is 19.4 Å². The van der Waals surface area contributed by atoms with Gasteiger partial charge in [0.25, 0.3) is 5.91 Å². The Hall–Kier alpha value is -1.75. The summed E-state index contributed by atoms with van der Waals surface area (Å²) in [6, 6.07) is 6.50. The van der Waals surface area contributed by atoms with Crippen LogP contribution in [0.3, 0.4) is 0 Å². The Balaban J connectivity index is 1.91. The zero-order valence-corrected chi connectivity index (χ0v) is 11.8. The van der Waals surface area contributed by atoms with Gasteiger partial charge in [-0.1, -0.05) is 17.7 Å². The number of carboxylic acids is 1. The van der Waals surface area contributed by atoms with Gasteiger partial charge in [0, 0.05) is 17.6 Å². The summed E-state index contributed by atoms with van der Waals surface area (Å²) >= 11 is 5.82. The first kappa shape index (κ1) is 14.7. The average molecular weight is 298 g/mol. The molecule has 1 aliphatic heterocycles. The SMILES string of the molecule is CC1C(C(=O)O)CCN1C(=O)COc1cccc(Cl)c1. The van der Waals surface area contributed by atoms with Crippen molar-refractivity contribution >= 4 is 23.5 Å². The highest BCUT2D eigenvalue weighted by Crippen LogP contribution is 2.24. The number of carbonyl (C=O) groups excluding carboxylic acids is 1. The van der Waals surface area contributed by atoms with Crippen molar-refractivity contribution in [1.82, 2.24) is 4.90 Å². The van der Waals surface area contributed by atoms with E-state index < -0.39 is 11.9 Å². The number of halogens is 1. The smallest absolute Gasteiger partial charge is 0.308 e. The number of hydrogen-bond acceptors (Lipinski definition) is 3. The van der Waals surface area contributed by atoms with Crippen LogP contribution in [0, 0.1) is 5.92 Å². The van der Waals surface area contributed by atoms with Crippen molar-refractivity contribution in [1.29, 1.82) is 0 Å².